The third kappa shape index (κ3) is 3.91. The lowest BCUT2D eigenvalue weighted by atomic mass is 10.2. The van der Waals surface area contributed by atoms with E-state index >= 15 is 0 Å². The van der Waals surface area contributed by atoms with Crippen LogP contribution in [0.2, 0.25) is 0 Å². The molecule has 0 aliphatic carbocycles. The quantitative estimate of drug-likeness (QED) is 0.604. The first-order valence-corrected chi connectivity index (χ1v) is 10.9. The minimum absolute atomic E-state index is 0.0368. The number of oxazole rings is 1. The number of hydrogen-bond acceptors (Lipinski definition) is 6. The Balaban J connectivity index is 1.75. The second-order valence-electron chi connectivity index (χ2n) is 6.75. The van der Waals surface area contributed by atoms with Gasteiger partial charge in [-0.15, -0.1) is 0 Å². The monoisotopic (exact) mass is 410 g/mol. The Bertz CT molecular complexity index is 1110. The number of rotatable bonds is 6. The largest absolute Gasteiger partial charge is 0.496 e. The van der Waals surface area contributed by atoms with E-state index in [1.165, 1.54) is 0 Å². The Labute approximate surface area is 170 Å². The van der Waals surface area contributed by atoms with Crippen LogP contribution in [0.3, 0.4) is 0 Å². The van der Waals surface area contributed by atoms with Crippen LogP contribution in [0.15, 0.2) is 68.9 Å². The maximum atomic E-state index is 13.2. The number of hydrogen-bond donors (Lipinski definition) is 0. The van der Waals surface area contributed by atoms with Crippen LogP contribution in [0, 0.1) is 0 Å². The summed E-state index contributed by atoms with van der Waals surface area (Å²) in [7, 11) is -2.18. The molecule has 4 rings (SSSR count). The number of benzene rings is 2. The van der Waals surface area contributed by atoms with Crippen LogP contribution in [-0.2, 0) is 9.84 Å². The van der Waals surface area contributed by atoms with Crippen molar-refractivity contribution in [2.75, 3.05) is 25.1 Å². The molecule has 1 saturated heterocycles. The van der Waals surface area contributed by atoms with Crippen LogP contribution >= 0.6 is 0 Å². The highest BCUT2D eigenvalue weighted by Crippen LogP contribution is 2.33. The maximum Gasteiger partial charge on any atom is 0.236 e. The average molecular weight is 410 g/mol. The van der Waals surface area contributed by atoms with Gasteiger partial charge in [0.1, 0.15) is 5.75 Å². The van der Waals surface area contributed by atoms with Gasteiger partial charge in [0.15, 0.2) is 0 Å². The second kappa shape index (κ2) is 8.13. The Hall–Kier alpha value is -3.06. The predicted molar refractivity (Wildman–Crippen MR) is 112 cm³/mol. The van der Waals surface area contributed by atoms with Crippen molar-refractivity contribution in [2.45, 2.75) is 22.8 Å². The van der Waals surface area contributed by atoms with Crippen molar-refractivity contribution in [1.29, 1.82) is 0 Å². The van der Waals surface area contributed by atoms with Gasteiger partial charge in [-0.05, 0) is 37.1 Å². The van der Waals surface area contributed by atoms with Gasteiger partial charge in [0.2, 0.25) is 26.6 Å². The molecule has 3 aromatic rings. The molecule has 7 heteroatoms. The molecule has 1 aromatic heterocycles. The first kappa shape index (κ1) is 19.3. The average Bonchev–Trinajstić information content (AvgIpc) is 3.43. The summed E-state index contributed by atoms with van der Waals surface area (Å²) in [5, 5.41) is -0.0368. The third-order valence-corrected chi connectivity index (χ3v) is 6.51. The molecule has 0 atom stereocenters. The van der Waals surface area contributed by atoms with Crippen LogP contribution in [0.1, 0.15) is 24.3 Å². The van der Waals surface area contributed by atoms with E-state index in [4.69, 9.17) is 9.15 Å². The molecule has 0 radical (unpaired) electrons. The molecule has 29 heavy (non-hydrogen) atoms. The molecule has 2 heterocycles. The Morgan fingerprint density at radius 3 is 2.41 bits per heavy atom. The summed E-state index contributed by atoms with van der Waals surface area (Å²) in [6.45, 7) is 1.50. The Kier molecular flexibility index (Phi) is 5.40. The number of para-hydroxylation sites is 1. The van der Waals surface area contributed by atoms with Crippen LogP contribution < -0.4 is 9.64 Å². The molecule has 0 saturated carbocycles. The smallest absolute Gasteiger partial charge is 0.236 e. The zero-order valence-corrected chi connectivity index (χ0v) is 16.9. The van der Waals surface area contributed by atoms with Crippen LogP contribution in [-0.4, -0.2) is 33.6 Å². The van der Waals surface area contributed by atoms with Gasteiger partial charge in [-0.3, -0.25) is 0 Å². The SMILES string of the molecule is COc1ccccc1/C=C/c1nc(S(=O)(=O)c2ccccc2)c(N2CCCC2)o1. The fourth-order valence-corrected chi connectivity index (χ4v) is 4.71. The minimum atomic E-state index is -3.79. The van der Waals surface area contributed by atoms with Gasteiger partial charge in [-0.2, -0.15) is 4.98 Å². The van der Waals surface area contributed by atoms with E-state index in [1.54, 1.807) is 49.6 Å². The van der Waals surface area contributed by atoms with E-state index in [1.807, 2.05) is 29.2 Å². The fourth-order valence-electron chi connectivity index (χ4n) is 3.36. The summed E-state index contributed by atoms with van der Waals surface area (Å²) >= 11 is 0. The van der Waals surface area contributed by atoms with E-state index in [0.717, 1.165) is 31.5 Å². The van der Waals surface area contributed by atoms with E-state index < -0.39 is 9.84 Å². The lowest BCUT2D eigenvalue weighted by Crippen LogP contribution is -2.19. The molecule has 150 valence electrons. The van der Waals surface area contributed by atoms with Gasteiger partial charge in [-0.25, -0.2) is 8.42 Å². The summed E-state index contributed by atoms with van der Waals surface area (Å²) in [5.41, 5.74) is 0.850. The second-order valence-corrected chi connectivity index (χ2v) is 8.61. The zero-order chi connectivity index (χ0) is 20.3. The number of anilines is 1. The van der Waals surface area contributed by atoms with Crippen molar-refractivity contribution < 1.29 is 17.6 Å². The molecule has 2 aromatic carbocycles. The standard InChI is InChI=1S/C22H22N2O4S/c1-27-19-12-6-5-9-17(19)13-14-20-23-21(22(28-20)24-15-7-8-16-24)29(25,26)18-10-3-2-4-11-18/h2-6,9-14H,7-8,15-16H2,1H3/b14-13+. The van der Waals surface area contributed by atoms with E-state index in [-0.39, 0.29) is 15.8 Å². The summed E-state index contributed by atoms with van der Waals surface area (Å²) in [6.07, 6.45) is 5.47. The van der Waals surface area contributed by atoms with E-state index in [9.17, 15) is 8.42 Å². The first-order chi connectivity index (χ1) is 14.1. The number of sulfone groups is 1. The van der Waals surface area contributed by atoms with Gasteiger partial charge in [0.25, 0.3) is 0 Å². The molecule has 0 N–H and O–H groups in total. The number of ether oxygens (including phenoxy) is 1. The molecule has 0 bridgehead atoms. The van der Waals surface area contributed by atoms with Crippen molar-refractivity contribution >= 4 is 27.9 Å². The van der Waals surface area contributed by atoms with E-state index in [0.29, 0.717) is 11.6 Å². The van der Waals surface area contributed by atoms with Gasteiger partial charge >= 0.3 is 0 Å². The van der Waals surface area contributed by atoms with Gasteiger partial charge in [0.05, 0.1) is 12.0 Å². The molecule has 0 amide bonds. The molecule has 0 unspecified atom stereocenters. The van der Waals surface area contributed by atoms with Crippen molar-refractivity contribution in [3.8, 4) is 5.75 Å². The van der Waals surface area contributed by atoms with Crippen molar-refractivity contribution in [3.63, 3.8) is 0 Å². The van der Waals surface area contributed by atoms with E-state index in [2.05, 4.69) is 4.98 Å². The molecule has 6 nitrogen and oxygen atoms in total. The summed E-state index contributed by atoms with van der Waals surface area (Å²) in [6, 6.07) is 15.9. The molecule has 1 aliphatic heterocycles. The normalized spacial score (nSPS) is 14.6. The first-order valence-electron chi connectivity index (χ1n) is 9.46. The molecule has 1 fully saturated rings. The molecular formula is C22H22N2O4S. The number of nitrogens with zero attached hydrogens (tertiary/aromatic N) is 2. The van der Waals surface area contributed by atoms with Gasteiger partial charge in [0, 0.05) is 24.7 Å². The highest BCUT2D eigenvalue weighted by molar-refractivity contribution is 7.91. The van der Waals surface area contributed by atoms with Gasteiger partial charge in [-0.1, -0.05) is 36.4 Å². The van der Waals surface area contributed by atoms with Crippen molar-refractivity contribution in [1.82, 2.24) is 4.98 Å². The molecule has 0 spiro atoms. The summed E-state index contributed by atoms with van der Waals surface area (Å²) in [5.74, 6) is 1.27. The number of methoxy groups -OCH3 is 1. The zero-order valence-electron chi connectivity index (χ0n) is 16.1. The summed E-state index contributed by atoms with van der Waals surface area (Å²) in [4.78, 5) is 6.50. The van der Waals surface area contributed by atoms with Crippen molar-refractivity contribution in [3.05, 3.63) is 66.1 Å². The maximum absolute atomic E-state index is 13.2. The Morgan fingerprint density at radius 1 is 1.00 bits per heavy atom. The molecular weight excluding hydrogens is 388 g/mol. The fraction of sp³-hybridized carbons (Fsp3) is 0.227. The predicted octanol–water partition coefficient (Wildman–Crippen LogP) is 4.29. The highest BCUT2D eigenvalue weighted by Gasteiger charge is 2.31. The lowest BCUT2D eigenvalue weighted by Gasteiger charge is -2.14. The third-order valence-electron chi connectivity index (χ3n) is 4.84. The molecule has 1 aliphatic rings. The van der Waals surface area contributed by atoms with Gasteiger partial charge < -0.3 is 14.1 Å². The van der Waals surface area contributed by atoms with Crippen molar-refractivity contribution in [2.24, 2.45) is 0 Å². The van der Waals surface area contributed by atoms with Crippen LogP contribution in [0.5, 0.6) is 5.75 Å². The lowest BCUT2D eigenvalue weighted by molar-refractivity contribution is 0.414. The topological polar surface area (TPSA) is 72.6 Å². The minimum Gasteiger partial charge on any atom is -0.496 e. The Morgan fingerprint density at radius 2 is 1.69 bits per heavy atom. The highest BCUT2D eigenvalue weighted by atomic mass is 32.2. The van der Waals surface area contributed by atoms with Crippen LogP contribution in [0.25, 0.3) is 12.2 Å². The number of aromatic nitrogens is 1. The summed E-state index contributed by atoms with van der Waals surface area (Å²) < 4.78 is 37.7. The van der Waals surface area contributed by atoms with Crippen LogP contribution in [0.4, 0.5) is 5.88 Å².